The Morgan fingerprint density at radius 3 is 1.83 bits per heavy atom. The highest BCUT2D eigenvalue weighted by molar-refractivity contribution is 8.00. The number of rotatable bonds is 3. The Bertz CT molecular complexity index is 141. The summed E-state index contributed by atoms with van der Waals surface area (Å²) in [5, 5.41) is -4.38. The summed E-state index contributed by atoms with van der Waals surface area (Å²) >= 11 is -0.360. The fourth-order valence-corrected chi connectivity index (χ4v) is 1.12. The predicted octanol–water partition coefficient (Wildman–Crippen LogP) is 3.23. The standard InChI is InChI=1S/C5H6F6S/c1-2-12-5(10,11)3(6)4(7,8)9/h3H,2H2,1H3. The molecule has 0 N–H and O–H groups in total. The van der Waals surface area contributed by atoms with Gasteiger partial charge in [0.15, 0.2) is 0 Å². The second-order valence-electron chi connectivity index (χ2n) is 1.90. The van der Waals surface area contributed by atoms with Gasteiger partial charge >= 0.3 is 11.4 Å². The van der Waals surface area contributed by atoms with Crippen LogP contribution in [0.2, 0.25) is 0 Å². The maximum atomic E-state index is 12.2. The van der Waals surface area contributed by atoms with Crippen molar-refractivity contribution in [1.29, 1.82) is 0 Å². The van der Waals surface area contributed by atoms with Crippen LogP contribution in [0.1, 0.15) is 6.92 Å². The summed E-state index contributed by atoms with van der Waals surface area (Å²) < 4.78 is 70.5. The minimum Gasteiger partial charge on any atom is -0.230 e. The van der Waals surface area contributed by atoms with Gasteiger partial charge in [-0.05, 0) is 5.75 Å². The van der Waals surface area contributed by atoms with Crippen molar-refractivity contribution in [3.63, 3.8) is 0 Å². The normalized spacial score (nSPS) is 16.2. The Hall–Kier alpha value is -0.0700. The summed E-state index contributed by atoms with van der Waals surface area (Å²) in [7, 11) is 0. The summed E-state index contributed by atoms with van der Waals surface area (Å²) in [6.07, 6.45) is -9.58. The average Bonchev–Trinajstić information content (AvgIpc) is 1.84. The molecule has 1 unspecified atom stereocenters. The molecule has 0 bridgehead atoms. The highest BCUT2D eigenvalue weighted by Crippen LogP contribution is 2.41. The van der Waals surface area contributed by atoms with Crippen LogP contribution in [0.25, 0.3) is 0 Å². The van der Waals surface area contributed by atoms with Crippen molar-refractivity contribution in [3.8, 4) is 0 Å². The molecule has 0 aromatic heterocycles. The van der Waals surface area contributed by atoms with Crippen LogP contribution in [0.3, 0.4) is 0 Å². The number of alkyl halides is 6. The minimum absolute atomic E-state index is 0.274. The third kappa shape index (κ3) is 3.12. The van der Waals surface area contributed by atoms with E-state index in [1.165, 1.54) is 6.92 Å². The van der Waals surface area contributed by atoms with Gasteiger partial charge in [0.1, 0.15) is 0 Å². The lowest BCUT2D eigenvalue weighted by Gasteiger charge is -2.21. The first-order chi connectivity index (χ1) is 5.22. The van der Waals surface area contributed by atoms with Crippen molar-refractivity contribution in [2.24, 2.45) is 0 Å². The van der Waals surface area contributed by atoms with Crippen LogP contribution in [0.5, 0.6) is 0 Å². The van der Waals surface area contributed by atoms with Crippen molar-refractivity contribution in [1.82, 2.24) is 0 Å². The smallest absolute Gasteiger partial charge is 0.230 e. The molecule has 7 heteroatoms. The van der Waals surface area contributed by atoms with Crippen LogP contribution in [0, 0.1) is 0 Å². The number of hydrogen-bond donors (Lipinski definition) is 0. The molecule has 0 aromatic carbocycles. The Morgan fingerprint density at radius 1 is 1.17 bits per heavy atom. The van der Waals surface area contributed by atoms with Gasteiger partial charge in [0.05, 0.1) is 0 Å². The van der Waals surface area contributed by atoms with Crippen LogP contribution < -0.4 is 0 Å². The summed E-state index contributed by atoms with van der Waals surface area (Å²) in [6, 6.07) is 0. The minimum atomic E-state index is -5.49. The molecule has 0 amide bonds. The largest absolute Gasteiger partial charge is 0.426 e. The van der Waals surface area contributed by atoms with E-state index in [9.17, 15) is 26.3 Å². The first kappa shape index (κ1) is 11.9. The van der Waals surface area contributed by atoms with Crippen LogP contribution in [-0.2, 0) is 0 Å². The molecule has 0 aliphatic heterocycles. The molecule has 12 heavy (non-hydrogen) atoms. The molecule has 0 heterocycles. The zero-order valence-corrected chi connectivity index (χ0v) is 6.78. The van der Waals surface area contributed by atoms with Gasteiger partial charge in [0, 0.05) is 0 Å². The monoisotopic (exact) mass is 212 g/mol. The van der Waals surface area contributed by atoms with Gasteiger partial charge < -0.3 is 0 Å². The Kier molecular flexibility index (Phi) is 3.74. The molecule has 0 radical (unpaired) electrons. The number of hydrogen-bond acceptors (Lipinski definition) is 1. The van der Waals surface area contributed by atoms with E-state index in [1.54, 1.807) is 0 Å². The topological polar surface area (TPSA) is 0 Å². The molecule has 0 aliphatic rings. The highest BCUT2D eigenvalue weighted by atomic mass is 32.2. The second-order valence-corrected chi connectivity index (χ2v) is 3.31. The van der Waals surface area contributed by atoms with Crippen molar-refractivity contribution >= 4 is 11.8 Å². The first-order valence-electron chi connectivity index (χ1n) is 2.94. The quantitative estimate of drug-likeness (QED) is 0.647. The van der Waals surface area contributed by atoms with Gasteiger partial charge in [-0.15, -0.1) is 0 Å². The van der Waals surface area contributed by atoms with E-state index in [1.807, 2.05) is 0 Å². The lowest BCUT2D eigenvalue weighted by atomic mass is 10.4. The summed E-state index contributed by atoms with van der Waals surface area (Å²) in [4.78, 5) is 0. The van der Waals surface area contributed by atoms with Gasteiger partial charge in [0.25, 0.3) is 6.17 Å². The van der Waals surface area contributed by atoms with Gasteiger partial charge in [-0.25, -0.2) is 4.39 Å². The molecule has 0 spiro atoms. The predicted molar refractivity (Wildman–Crippen MR) is 34.0 cm³/mol. The summed E-state index contributed by atoms with van der Waals surface area (Å²) in [5.74, 6) is -0.274. The summed E-state index contributed by atoms with van der Waals surface area (Å²) in [5.41, 5.74) is 0. The molecule has 0 aliphatic carbocycles. The van der Waals surface area contributed by atoms with Gasteiger partial charge in [-0.2, -0.15) is 22.0 Å². The molecular weight excluding hydrogens is 206 g/mol. The third-order valence-corrected chi connectivity index (χ3v) is 1.80. The van der Waals surface area contributed by atoms with E-state index in [-0.39, 0.29) is 17.5 Å². The number of halogens is 6. The Balaban J connectivity index is 4.34. The van der Waals surface area contributed by atoms with Crippen LogP contribution in [-0.4, -0.2) is 23.4 Å². The van der Waals surface area contributed by atoms with Crippen LogP contribution in [0.4, 0.5) is 26.3 Å². The van der Waals surface area contributed by atoms with E-state index in [2.05, 4.69) is 0 Å². The second kappa shape index (κ2) is 3.76. The maximum Gasteiger partial charge on any atom is 0.426 e. The molecule has 0 saturated heterocycles. The van der Waals surface area contributed by atoms with Crippen molar-refractivity contribution in [2.45, 2.75) is 24.5 Å². The zero-order valence-electron chi connectivity index (χ0n) is 5.96. The van der Waals surface area contributed by atoms with Gasteiger partial charge in [-0.3, -0.25) is 0 Å². The molecular formula is C5H6F6S. The van der Waals surface area contributed by atoms with Crippen LogP contribution in [0.15, 0.2) is 0 Å². The van der Waals surface area contributed by atoms with E-state index in [0.29, 0.717) is 0 Å². The van der Waals surface area contributed by atoms with Gasteiger partial charge in [0.2, 0.25) is 0 Å². The number of thioether (sulfide) groups is 1. The SMILES string of the molecule is CCSC(F)(F)C(F)C(F)(F)F. The first-order valence-corrected chi connectivity index (χ1v) is 3.93. The van der Waals surface area contributed by atoms with E-state index < -0.39 is 17.6 Å². The van der Waals surface area contributed by atoms with Crippen molar-refractivity contribution in [2.75, 3.05) is 5.75 Å². The molecule has 0 nitrogen and oxygen atoms in total. The molecule has 1 atom stereocenters. The third-order valence-electron chi connectivity index (χ3n) is 0.919. The van der Waals surface area contributed by atoms with Crippen molar-refractivity contribution < 1.29 is 26.3 Å². The molecule has 0 saturated carbocycles. The van der Waals surface area contributed by atoms with Crippen LogP contribution >= 0.6 is 11.8 Å². The van der Waals surface area contributed by atoms with Crippen molar-refractivity contribution in [3.05, 3.63) is 0 Å². The fraction of sp³-hybridized carbons (Fsp3) is 1.00. The van der Waals surface area contributed by atoms with E-state index in [4.69, 9.17) is 0 Å². The Labute approximate surface area is 69.3 Å². The lowest BCUT2D eigenvalue weighted by molar-refractivity contribution is -0.219. The molecule has 0 fully saturated rings. The molecule has 0 aromatic rings. The lowest BCUT2D eigenvalue weighted by Crippen LogP contribution is -2.39. The maximum absolute atomic E-state index is 12.2. The van der Waals surface area contributed by atoms with Gasteiger partial charge in [-0.1, -0.05) is 18.7 Å². The molecule has 0 rings (SSSR count). The Morgan fingerprint density at radius 2 is 1.58 bits per heavy atom. The molecule has 74 valence electrons. The van der Waals surface area contributed by atoms with E-state index in [0.717, 1.165) is 0 Å². The summed E-state index contributed by atoms with van der Waals surface area (Å²) in [6.45, 7) is 1.22. The highest BCUT2D eigenvalue weighted by Gasteiger charge is 2.56. The fourth-order valence-electron chi connectivity index (χ4n) is 0.456. The van der Waals surface area contributed by atoms with E-state index >= 15 is 0 Å². The average molecular weight is 212 g/mol. The zero-order chi connectivity index (χ0) is 9.99.